The molecule has 0 radical (unpaired) electrons. The molecule has 0 aliphatic heterocycles. The first-order valence-electron chi connectivity index (χ1n) is 4.30. The van der Waals surface area contributed by atoms with Crippen molar-refractivity contribution in [2.75, 3.05) is 4.72 Å². The maximum atomic E-state index is 12.2. The van der Waals surface area contributed by atoms with E-state index in [0.717, 1.165) is 4.47 Å². The van der Waals surface area contributed by atoms with Crippen LogP contribution in [0.4, 0.5) is 14.5 Å². The summed E-state index contributed by atoms with van der Waals surface area (Å²) >= 11 is 3.23. The predicted molar refractivity (Wildman–Crippen MR) is 62.2 cm³/mol. The van der Waals surface area contributed by atoms with E-state index in [1.54, 1.807) is 26.0 Å². The van der Waals surface area contributed by atoms with Gasteiger partial charge >= 0.3 is 5.76 Å². The summed E-state index contributed by atoms with van der Waals surface area (Å²) in [5.41, 5.74) is 1.36. The number of aryl methyl sites for hydroxylation is 2. The maximum Gasteiger partial charge on any atom is 0.355 e. The first kappa shape index (κ1) is 13.4. The molecule has 0 saturated heterocycles. The van der Waals surface area contributed by atoms with Crippen LogP contribution in [0.25, 0.3) is 0 Å². The molecule has 0 saturated carbocycles. The smallest absolute Gasteiger partial charge is 0.278 e. The van der Waals surface area contributed by atoms with E-state index in [2.05, 4.69) is 15.9 Å². The van der Waals surface area contributed by atoms with Crippen molar-refractivity contribution < 1.29 is 17.2 Å². The fourth-order valence-corrected chi connectivity index (χ4v) is 2.64. The lowest BCUT2D eigenvalue weighted by Crippen LogP contribution is -2.21. The van der Waals surface area contributed by atoms with Crippen molar-refractivity contribution in [1.82, 2.24) is 0 Å². The number of sulfonamides is 1. The third kappa shape index (κ3) is 2.91. The molecule has 1 aromatic carbocycles. The zero-order valence-electron chi connectivity index (χ0n) is 8.59. The Labute approximate surface area is 101 Å². The fourth-order valence-electron chi connectivity index (χ4n) is 1.26. The molecule has 1 N–H and O–H groups in total. The van der Waals surface area contributed by atoms with Gasteiger partial charge in [-0.25, -0.2) is 8.42 Å². The highest BCUT2D eigenvalue weighted by atomic mass is 79.9. The van der Waals surface area contributed by atoms with Gasteiger partial charge in [0.1, 0.15) is 0 Å². The Hall–Kier alpha value is -0.690. The molecule has 0 fully saturated rings. The average molecular weight is 314 g/mol. The highest BCUT2D eigenvalue weighted by Gasteiger charge is 2.24. The number of nitrogens with one attached hydrogen (secondary N) is 1. The molecule has 0 spiro atoms. The quantitative estimate of drug-likeness (QED) is 0.932. The van der Waals surface area contributed by atoms with Crippen LogP contribution in [0.1, 0.15) is 11.1 Å². The van der Waals surface area contributed by atoms with E-state index in [0.29, 0.717) is 11.1 Å². The Morgan fingerprint density at radius 2 is 1.69 bits per heavy atom. The summed E-state index contributed by atoms with van der Waals surface area (Å²) < 4.78 is 49.0. The lowest BCUT2D eigenvalue weighted by atomic mass is 10.1. The van der Waals surface area contributed by atoms with Gasteiger partial charge in [-0.2, -0.15) is 8.78 Å². The van der Waals surface area contributed by atoms with Crippen LogP contribution in [0.15, 0.2) is 16.6 Å². The van der Waals surface area contributed by atoms with E-state index < -0.39 is 15.8 Å². The summed E-state index contributed by atoms with van der Waals surface area (Å²) in [7, 11) is -4.61. The number of hydrogen-bond acceptors (Lipinski definition) is 2. The van der Waals surface area contributed by atoms with Crippen LogP contribution in [-0.4, -0.2) is 14.2 Å². The molecule has 0 heterocycles. The maximum absolute atomic E-state index is 12.2. The monoisotopic (exact) mass is 313 g/mol. The first-order valence-corrected chi connectivity index (χ1v) is 6.64. The largest absolute Gasteiger partial charge is 0.355 e. The Balaban J connectivity index is 3.17. The van der Waals surface area contributed by atoms with Crippen LogP contribution in [-0.2, 0) is 10.0 Å². The molecular formula is C9H10BrF2NO2S. The van der Waals surface area contributed by atoms with Gasteiger partial charge in [0.2, 0.25) is 0 Å². The molecule has 0 aliphatic carbocycles. The second-order valence-electron chi connectivity index (χ2n) is 3.32. The zero-order chi connectivity index (χ0) is 12.5. The van der Waals surface area contributed by atoms with Crippen LogP contribution in [0, 0.1) is 13.8 Å². The fraction of sp³-hybridized carbons (Fsp3) is 0.333. The summed E-state index contributed by atoms with van der Waals surface area (Å²) in [6.45, 7) is 3.28. The molecule has 1 rings (SSSR count). The highest BCUT2D eigenvalue weighted by molar-refractivity contribution is 9.10. The van der Waals surface area contributed by atoms with Gasteiger partial charge in [-0.3, -0.25) is 4.72 Å². The van der Waals surface area contributed by atoms with Crippen molar-refractivity contribution in [1.29, 1.82) is 0 Å². The molecule has 0 amide bonds. The second kappa shape index (κ2) is 4.67. The van der Waals surface area contributed by atoms with Crippen molar-refractivity contribution >= 4 is 31.6 Å². The standard InChI is InChI=1S/C9H10BrF2NO2S/c1-5-3-7(10)4-6(2)8(5)13-16(14,15)9(11)12/h3-4,9,13H,1-2H3. The van der Waals surface area contributed by atoms with Gasteiger partial charge in [0.25, 0.3) is 10.0 Å². The molecule has 16 heavy (non-hydrogen) atoms. The number of halogens is 3. The minimum absolute atomic E-state index is 0.198. The molecule has 0 aromatic heterocycles. The molecular weight excluding hydrogens is 304 g/mol. The van der Waals surface area contributed by atoms with Gasteiger partial charge in [-0.05, 0) is 37.1 Å². The van der Waals surface area contributed by atoms with Crippen molar-refractivity contribution in [2.45, 2.75) is 19.6 Å². The van der Waals surface area contributed by atoms with Gasteiger partial charge in [-0.1, -0.05) is 15.9 Å². The first-order chi connectivity index (χ1) is 7.24. The Kier molecular flexibility index (Phi) is 3.90. The molecule has 90 valence electrons. The van der Waals surface area contributed by atoms with Gasteiger partial charge in [0.15, 0.2) is 0 Å². The SMILES string of the molecule is Cc1cc(Br)cc(C)c1NS(=O)(=O)C(F)F. The Morgan fingerprint density at radius 1 is 1.25 bits per heavy atom. The van der Waals surface area contributed by atoms with E-state index in [1.807, 2.05) is 4.72 Å². The van der Waals surface area contributed by atoms with E-state index >= 15 is 0 Å². The van der Waals surface area contributed by atoms with E-state index in [9.17, 15) is 17.2 Å². The number of benzene rings is 1. The number of anilines is 1. The van der Waals surface area contributed by atoms with Crippen LogP contribution in [0.3, 0.4) is 0 Å². The van der Waals surface area contributed by atoms with Gasteiger partial charge in [0.05, 0.1) is 5.69 Å². The highest BCUT2D eigenvalue weighted by Crippen LogP contribution is 2.26. The molecule has 0 atom stereocenters. The zero-order valence-corrected chi connectivity index (χ0v) is 11.0. The Morgan fingerprint density at radius 3 is 2.06 bits per heavy atom. The second-order valence-corrected chi connectivity index (χ2v) is 5.89. The van der Waals surface area contributed by atoms with Gasteiger partial charge in [-0.15, -0.1) is 0 Å². The lowest BCUT2D eigenvalue weighted by molar-refractivity contribution is 0.236. The normalized spacial score (nSPS) is 11.9. The molecule has 0 bridgehead atoms. The minimum Gasteiger partial charge on any atom is -0.278 e. The van der Waals surface area contributed by atoms with Crippen LogP contribution >= 0.6 is 15.9 Å². The van der Waals surface area contributed by atoms with Gasteiger partial charge in [0, 0.05) is 4.47 Å². The molecule has 1 aromatic rings. The van der Waals surface area contributed by atoms with Crippen LogP contribution in [0.2, 0.25) is 0 Å². The molecule has 3 nitrogen and oxygen atoms in total. The summed E-state index contributed by atoms with van der Waals surface area (Å²) in [5, 5.41) is 0. The lowest BCUT2D eigenvalue weighted by Gasteiger charge is -2.13. The van der Waals surface area contributed by atoms with Crippen molar-refractivity contribution in [2.24, 2.45) is 0 Å². The molecule has 0 unspecified atom stereocenters. The third-order valence-electron chi connectivity index (χ3n) is 1.98. The average Bonchev–Trinajstić information content (AvgIpc) is 2.11. The topological polar surface area (TPSA) is 46.2 Å². The van der Waals surface area contributed by atoms with E-state index in [4.69, 9.17) is 0 Å². The summed E-state index contributed by atoms with van der Waals surface area (Å²) in [4.78, 5) is 0. The molecule has 7 heteroatoms. The third-order valence-corrected chi connectivity index (χ3v) is 3.39. The summed E-state index contributed by atoms with van der Waals surface area (Å²) in [6, 6.07) is 3.30. The number of alkyl halides is 2. The number of rotatable bonds is 3. The summed E-state index contributed by atoms with van der Waals surface area (Å²) in [6.07, 6.45) is 0. The van der Waals surface area contributed by atoms with Crippen LogP contribution < -0.4 is 4.72 Å². The Bertz CT molecular complexity index is 479. The van der Waals surface area contributed by atoms with Gasteiger partial charge < -0.3 is 0 Å². The predicted octanol–water partition coefficient (Wildman–Crippen LogP) is 3.03. The molecule has 0 aliphatic rings. The van der Waals surface area contributed by atoms with Crippen LogP contribution in [0.5, 0.6) is 0 Å². The minimum atomic E-state index is -4.61. The van der Waals surface area contributed by atoms with E-state index in [1.165, 1.54) is 0 Å². The summed E-state index contributed by atoms with van der Waals surface area (Å²) in [5.74, 6) is -3.44. The number of hydrogen-bond donors (Lipinski definition) is 1. The van der Waals surface area contributed by atoms with Crippen molar-refractivity contribution in [3.8, 4) is 0 Å². The van der Waals surface area contributed by atoms with Crippen molar-refractivity contribution in [3.05, 3.63) is 27.7 Å². The van der Waals surface area contributed by atoms with Crippen molar-refractivity contribution in [3.63, 3.8) is 0 Å². The van der Waals surface area contributed by atoms with E-state index in [-0.39, 0.29) is 5.69 Å².